The molecule has 0 atom stereocenters. The molecule has 2 heteroatoms. The Labute approximate surface area is 92.3 Å². The Bertz CT molecular complexity index is 294. The van der Waals surface area contributed by atoms with Crippen LogP contribution in [-0.4, -0.2) is 5.88 Å². The molecule has 1 nitrogen and oxygen atoms in total. The van der Waals surface area contributed by atoms with Crippen LogP contribution < -0.4 is 5.32 Å². The molecule has 0 fully saturated rings. The zero-order valence-electron chi connectivity index (χ0n) is 9.17. The van der Waals surface area contributed by atoms with E-state index in [-0.39, 0.29) is 0 Å². The normalized spacial score (nSPS) is 10.9. The predicted octanol–water partition coefficient (Wildman–Crippen LogP) is 3.10. The summed E-state index contributed by atoms with van der Waals surface area (Å²) in [6, 6.07) is 6.70. The van der Waals surface area contributed by atoms with Gasteiger partial charge in [0.05, 0.1) is 0 Å². The molecule has 0 aliphatic rings. The van der Waals surface area contributed by atoms with E-state index in [2.05, 4.69) is 56.9 Å². The molecule has 0 aliphatic heterocycles. The van der Waals surface area contributed by atoms with Crippen molar-refractivity contribution in [3.8, 4) is 0 Å². The Hall–Kier alpha value is -0.470. The first kappa shape index (κ1) is 11.6. The zero-order valence-corrected chi connectivity index (χ0v) is 10.1. The van der Waals surface area contributed by atoms with Crippen molar-refractivity contribution in [1.29, 1.82) is 0 Å². The maximum Gasteiger partial charge on any atom is 0.0390 e. The molecule has 0 unspecified atom stereocenters. The van der Waals surface area contributed by atoms with Crippen molar-refractivity contribution in [2.24, 2.45) is 0 Å². The molecule has 1 N–H and O–H groups in total. The van der Waals surface area contributed by atoms with Crippen LogP contribution in [0.3, 0.4) is 0 Å². The van der Waals surface area contributed by atoms with Crippen molar-refractivity contribution in [3.05, 3.63) is 34.9 Å². The van der Waals surface area contributed by atoms with Gasteiger partial charge >= 0.3 is 0 Å². The average Bonchev–Trinajstić information content (AvgIpc) is 2.16. The number of rotatable bonds is 4. The van der Waals surface area contributed by atoms with Gasteiger partial charge in [-0.05, 0) is 29.5 Å². The third kappa shape index (κ3) is 3.03. The van der Waals surface area contributed by atoms with E-state index in [9.17, 15) is 0 Å². The van der Waals surface area contributed by atoms with Crippen molar-refractivity contribution in [3.63, 3.8) is 0 Å². The molecular weight excluding hydrogens is 190 g/mol. The van der Waals surface area contributed by atoms with Crippen LogP contribution in [0.1, 0.15) is 36.5 Å². The van der Waals surface area contributed by atoms with Crippen LogP contribution in [0.4, 0.5) is 0 Å². The first-order valence-corrected chi connectivity index (χ1v) is 5.69. The summed E-state index contributed by atoms with van der Waals surface area (Å²) in [6.45, 7) is 7.51. The monoisotopic (exact) mass is 209 g/mol. The number of benzene rings is 1. The number of thiol groups is 1. The number of hydrogen-bond donors (Lipinski definition) is 2. The van der Waals surface area contributed by atoms with Gasteiger partial charge in [0.2, 0.25) is 0 Å². The highest BCUT2D eigenvalue weighted by Crippen LogP contribution is 2.18. The van der Waals surface area contributed by atoms with Gasteiger partial charge in [-0.1, -0.05) is 32.0 Å². The topological polar surface area (TPSA) is 12.0 Å². The molecule has 0 heterocycles. The molecule has 78 valence electrons. The number of aryl methyl sites for hydroxylation is 1. The molecule has 0 saturated carbocycles. The van der Waals surface area contributed by atoms with Crippen LogP contribution in [0.2, 0.25) is 0 Å². The van der Waals surface area contributed by atoms with Gasteiger partial charge in [0.25, 0.3) is 0 Å². The molecular formula is C12H19NS. The fourth-order valence-electron chi connectivity index (χ4n) is 1.43. The zero-order chi connectivity index (χ0) is 10.6. The van der Waals surface area contributed by atoms with Crippen LogP contribution in [-0.2, 0) is 6.54 Å². The van der Waals surface area contributed by atoms with E-state index in [1.54, 1.807) is 0 Å². The summed E-state index contributed by atoms with van der Waals surface area (Å²) in [4.78, 5) is 0. The van der Waals surface area contributed by atoms with Crippen molar-refractivity contribution in [1.82, 2.24) is 5.32 Å². The van der Waals surface area contributed by atoms with Gasteiger partial charge in [-0.3, -0.25) is 0 Å². The van der Waals surface area contributed by atoms with Gasteiger partial charge in [0, 0.05) is 12.4 Å². The van der Waals surface area contributed by atoms with Crippen molar-refractivity contribution >= 4 is 12.6 Å². The van der Waals surface area contributed by atoms with Gasteiger partial charge < -0.3 is 5.32 Å². The predicted molar refractivity (Wildman–Crippen MR) is 66.0 cm³/mol. The number of nitrogens with one attached hydrogen (secondary N) is 1. The van der Waals surface area contributed by atoms with E-state index in [0.29, 0.717) is 5.92 Å². The summed E-state index contributed by atoms with van der Waals surface area (Å²) in [5.41, 5.74) is 4.14. The lowest BCUT2D eigenvalue weighted by Gasteiger charge is -2.11. The van der Waals surface area contributed by atoms with E-state index in [0.717, 1.165) is 12.4 Å². The smallest absolute Gasteiger partial charge is 0.0390 e. The molecule has 14 heavy (non-hydrogen) atoms. The largest absolute Gasteiger partial charge is 0.304 e. The van der Waals surface area contributed by atoms with Gasteiger partial charge in [0.15, 0.2) is 0 Å². The van der Waals surface area contributed by atoms with E-state index in [1.807, 2.05) is 0 Å². The molecule has 0 spiro atoms. The minimum atomic E-state index is 0.602. The summed E-state index contributed by atoms with van der Waals surface area (Å²) in [6.07, 6.45) is 0. The third-order valence-electron chi connectivity index (χ3n) is 2.47. The molecule has 0 aliphatic carbocycles. The third-order valence-corrected chi connectivity index (χ3v) is 2.69. The van der Waals surface area contributed by atoms with Gasteiger partial charge in [-0.2, -0.15) is 12.6 Å². The highest BCUT2D eigenvalue weighted by atomic mass is 32.1. The maximum atomic E-state index is 4.14. The lowest BCUT2D eigenvalue weighted by atomic mass is 9.98. The van der Waals surface area contributed by atoms with Gasteiger partial charge in [-0.15, -0.1) is 0 Å². The first-order valence-electron chi connectivity index (χ1n) is 5.06. The molecule has 1 aromatic carbocycles. The Balaban J connectivity index is 2.85. The first-order chi connectivity index (χ1) is 6.65. The lowest BCUT2D eigenvalue weighted by Crippen LogP contribution is -2.11. The Kier molecular flexibility index (Phi) is 4.49. The molecule has 0 aromatic heterocycles. The maximum absolute atomic E-state index is 4.14. The van der Waals surface area contributed by atoms with Gasteiger partial charge in [-0.25, -0.2) is 0 Å². The van der Waals surface area contributed by atoms with Gasteiger partial charge in [0.1, 0.15) is 0 Å². The molecule has 0 saturated heterocycles. The molecule has 0 amide bonds. The Morgan fingerprint density at radius 3 is 2.64 bits per heavy atom. The molecule has 0 bridgehead atoms. The van der Waals surface area contributed by atoms with Crippen LogP contribution in [0.25, 0.3) is 0 Å². The fraction of sp³-hybridized carbons (Fsp3) is 0.500. The summed E-state index contributed by atoms with van der Waals surface area (Å²) >= 11 is 4.14. The highest BCUT2D eigenvalue weighted by molar-refractivity contribution is 7.80. The van der Waals surface area contributed by atoms with Crippen LogP contribution >= 0.6 is 12.6 Å². The lowest BCUT2D eigenvalue weighted by molar-refractivity contribution is 0.785. The molecule has 0 radical (unpaired) electrons. The highest BCUT2D eigenvalue weighted by Gasteiger charge is 2.02. The van der Waals surface area contributed by atoms with Crippen LogP contribution in [0, 0.1) is 6.92 Å². The Morgan fingerprint density at radius 1 is 1.36 bits per heavy atom. The molecule has 1 rings (SSSR count). The summed E-state index contributed by atoms with van der Waals surface area (Å²) in [5.74, 6) is 1.33. The fourth-order valence-corrected chi connectivity index (χ4v) is 1.54. The van der Waals surface area contributed by atoms with Crippen molar-refractivity contribution in [2.45, 2.75) is 33.2 Å². The van der Waals surface area contributed by atoms with E-state index in [1.165, 1.54) is 16.7 Å². The van der Waals surface area contributed by atoms with Crippen LogP contribution in [0.5, 0.6) is 0 Å². The minimum Gasteiger partial charge on any atom is -0.304 e. The standard InChI is InChI=1S/C12H19NS/c1-9(2)11-5-4-10(3)12(6-11)7-13-8-14/h4-6,9,13-14H,7-8H2,1-3H3. The Morgan fingerprint density at radius 2 is 2.07 bits per heavy atom. The van der Waals surface area contributed by atoms with E-state index in [4.69, 9.17) is 0 Å². The SMILES string of the molecule is Cc1ccc(C(C)C)cc1CNCS. The number of hydrogen-bond acceptors (Lipinski definition) is 2. The minimum absolute atomic E-state index is 0.602. The van der Waals surface area contributed by atoms with Crippen LogP contribution in [0.15, 0.2) is 18.2 Å². The second-order valence-electron chi connectivity index (χ2n) is 3.93. The summed E-state index contributed by atoms with van der Waals surface area (Å²) in [7, 11) is 0. The van der Waals surface area contributed by atoms with E-state index >= 15 is 0 Å². The average molecular weight is 209 g/mol. The second-order valence-corrected chi connectivity index (χ2v) is 4.24. The molecule has 1 aromatic rings. The quantitative estimate of drug-likeness (QED) is 0.573. The summed E-state index contributed by atoms with van der Waals surface area (Å²) < 4.78 is 0. The van der Waals surface area contributed by atoms with Crippen molar-refractivity contribution in [2.75, 3.05) is 5.88 Å². The second kappa shape index (κ2) is 5.42. The summed E-state index contributed by atoms with van der Waals surface area (Å²) in [5, 5.41) is 3.24. The van der Waals surface area contributed by atoms with E-state index < -0.39 is 0 Å². The van der Waals surface area contributed by atoms with Crippen molar-refractivity contribution < 1.29 is 0 Å².